The Morgan fingerprint density at radius 2 is 1.46 bits per heavy atom. The highest BCUT2D eigenvalue weighted by atomic mass is 19.2. The van der Waals surface area contributed by atoms with Crippen LogP contribution >= 0.6 is 0 Å². The van der Waals surface area contributed by atoms with E-state index in [1.165, 1.54) is 31.4 Å². The highest BCUT2D eigenvalue weighted by Crippen LogP contribution is 2.19. The van der Waals surface area contributed by atoms with Crippen molar-refractivity contribution in [3.8, 4) is 0 Å². The molecule has 0 radical (unpaired) electrons. The number of carbonyl (C=O) groups is 3. The molecule has 1 amide bonds. The van der Waals surface area contributed by atoms with Gasteiger partial charge in [0.2, 0.25) is 0 Å². The largest absolute Gasteiger partial charge is 0.465 e. The summed E-state index contributed by atoms with van der Waals surface area (Å²) in [6, 6.07) is 6.73. The molecule has 0 aliphatic rings. The molecule has 0 saturated carbocycles. The number of methoxy groups -OCH3 is 1. The molecule has 2 aromatic carbocycles. The molecular weight excluding hydrogens is 355 g/mol. The minimum absolute atomic E-state index is 0.0597. The number of hydrogen-bond acceptors (Lipinski definition) is 5. The maximum atomic E-state index is 13.4. The Morgan fingerprint density at radius 1 is 0.885 bits per heavy atom. The molecule has 0 unspecified atom stereocenters. The number of esters is 2. The smallest absolute Gasteiger partial charge is 0.338 e. The number of ether oxygens (including phenoxy) is 2. The van der Waals surface area contributed by atoms with Crippen LogP contribution in [-0.2, 0) is 14.3 Å². The maximum absolute atomic E-state index is 13.4. The first-order valence-electron chi connectivity index (χ1n) is 7.12. The molecule has 136 valence electrons. The van der Waals surface area contributed by atoms with E-state index in [0.717, 1.165) is 6.07 Å². The fourth-order valence-corrected chi connectivity index (χ4v) is 1.88. The molecule has 2 aromatic rings. The third kappa shape index (κ3) is 4.38. The van der Waals surface area contributed by atoms with Gasteiger partial charge in [0, 0.05) is 0 Å². The third-order valence-electron chi connectivity index (χ3n) is 3.19. The van der Waals surface area contributed by atoms with Gasteiger partial charge in [0.1, 0.15) is 0 Å². The molecule has 0 aliphatic heterocycles. The summed E-state index contributed by atoms with van der Waals surface area (Å²) in [5, 5.41) is 1.96. The van der Waals surface area contributed by atoms with Gasteiger partial charge in [-0.05, 0) is 36.4 Å². The Kier molecular flexibility index (Phi) is 5.94. The number of nitrogens with one attached hydrogen (secondary N) is 1. The molecule has 6 nitrogen and oxygen atoms in total. The molecule has 2 rings (SSSR count). The van der Waals surface area contributed by atoms with E-state index in [-0.39, 0.29) is 11.1 Å². The first-order chi connectivity index (χ1) is 12.3. The van der Waals surface area contributed by atoms with Crippen molar-refractivity contribution in [2.45, 2.75) is 0 Å². The van der Waals surface area contributed by atoms with Gasteiger partial charge in [-0.3, -0.25) is 4.79 Å². The van der Waals surface area contributed by atoms with Crippen LogP contribution in [0.3, 0.4) is 0 Å². The van der Waals surface area contributed by atoms with Gasteiger partial charge in [-0.25, -0.2) is 22.8 Å². The van der Waals surface area contributed by atoms with E-state index in [0.29, 0.717) is 6.07 Å². The number of benzene rings is 2. The van der Waals surface area contributed by atoms with E-state index < -0.39 is 47.6 Å². The van der Waals surface area contributed by atoms with Crippen molar-refractivity contribution in [3.05, 3.63) is 65.0 Å². The van der Waals surface area contributed by atoms with Crippen molar-refractivity contribution < 1.29 is 37.0 Å². The fourth-order valence-electron chi connectivity index (χ4n) is 1.88. The van der Waals surface area contributed by atoms with Crippen LogP contribution in [0.25, 0.3) is 0 Å². The van der Waals surface area contributed by atoms with Gasteiger partial charge in [0.25, 0.3) is 5.91 Å². The lowest BCUT2D eigenvalue weighted by atomic mass is 10.1. The summed E-state index contributed by atoms with van der Waals surface area (Å²) < 4.78 is 48.6. The molecule has 0 atom stereocenters. The zero-order valence-electron chi connectivity index (χ0n) is 13.3. The molecule has 0 aliphatic carbocycles. The highest BCUT2D eigenvalue weighted by Gasteiger charge is 2.16. The molecule has 0 aromatic heterocycles. The quantitative estimate of drug-likeness (QED) is 0.649. The SMILES string of the molecule is COC(=O)c1ccc(C(=O)OCC(=O)Nc2ccc(F)c(F)c2F)cc1. The van der Waals surface area contributed by atoms with Crippen LogP contribution in [-0.4, -0.2) is 31.6 Å². The average molecular weight is 367 g/mol. The van der Waals surface area contributed by atoms with Crippen LogP contribution in [0.4, 0.5) is 18.9 Å². The van der Waals surface area contributed by atoms with Crippen LogP contribution in [0.5, 0.6) is 0 Å². The number of amides is 1. The van der Waals surface area contributed by atoms with Gasteiger partial charge in [0.05, 0.1) is 23.9 Å². The Hall–Kier alpha value is -3.36. The van der Waals surface area contributed by atoms with Crippen LogP contribution in [0, 0.1) is 17.5 Å². The Bertz CT molecular complexity index is 852. The first kappa shape index (κ1) is 19.0. The van der Waals surface area contributed by atoms with Crippen LogP contribution in [0.2, 0.25) is 0 Å². The van der Waals surface area contributed by atoms with E-state index in [2.05, 4.69) is 4.74 Å². The first-order valence-corrected chi connectivity index (χ1v) is 7.12. The monoisotopic (exact) mass is 367 g/mol. The van der Waals surface area contributed by atoms with E-state index in [1.807, 2.05) is 5.32 Å². The summed E-state index contributed by atoms with van der Waals surface area (Å²) in [7, 11) is 1.21. The minimum atomic E-state index is -1.73. The van der Waals surface area contributed by atoms with Gasteiger partial charge in [-0.15, -0.1) is 0 Å². The van der Waals surface area contributed by atoms with E-state index in [1.54, 1.807) is 0 Å². The van der Waals surface area contributed by atoms with Crippen molar-refractivity contribution in [1.29, 1.82) is 0 Å². The summed E-state index contributed by atoms with van der Waals surface area (Å²) in [6.45, 7) is -0.782. The molecule has 0 spiro atoms. The second-order valence-electron chi connectivity index (χ2n) is 4.92. The highest BCUT2D eigenvalue weighted by molar-refractivity contribution is 5.96. The van der Waals surface area contributed by atoms with E-state index in [9.17, 15) is 27.6 Å². The number of anilines is 1. The van der Waals surface area contributed by atoms with Gasteiger partial charge < -0.3 is 14.8 Å². The van der Waals surface area contributed by atoms with Gasteiger partial charge >= 0.3 is 11.9 Å². The molecule has 0 heterocycles. The van der Waals surface area contributed by atoms with Gasteiger partial charge in [0.15, 0.2) is 24.1 Å². The zero-order chi connectivity index (χ0) is 19.3. The molecule has 26 heavy (non-hydrogen) atoms. The van der Waals surface area contributed by atoms with Crippen molar-refractivity contribution in [3.63, 3.8) is 0 Å². The lowest BCUT2D eigenvalue weighted by Gasteiger charge is -2.08. The topological polar surface area (TPSA) is 81.7 Å². The maximum Gasteiger partial charge on any atom is 0.338 e. The fraction of sp³-hybridized carbons (Fsp3) is 0.118. The minimum Gasteiger partial charge on any atom is -0.465 e. The van der Waals surface area contributed by atoms with E-state index in [4.69, 9.17) is 4.74 Å². The van der Waals surface area contributed by atoms with E-state index >= 15 is 0 Å². The Morgan fingerprint density at radius 3 is 2.04 bits per heavy atom. The molecular formula is C17H12F3NO5. The van der Waals surface area contributed by atoms with Crippen LogP contribution < -0.4 is 5.32 Å². The normalized spacial score (nSPS) is 10.2. The molecule has 1 N–H and O–H groups in total. The second-order valence-corrected chi connectivity index (χ2v) is 4.92. The van der Waals surface area contributed by atoms with Crippen molar-refractivity contribution in [2.24, 2.45) is 0 Å². The number of halogens is 3. The predicted octanol–water partition coefficient (Wildman–Crippen LogP) is 2.69. The van der Waals surface area contributed by atoms with Gasteiger partial charge in [-0.1, -0.05) is 0 Å². The van der Waals surface area contributed by atoms with Gasteiger partial charge in [-0.2, -0.15) is 0 Å². The third-order valence-corrected chi connectivity index (χ3v) is 3.19. The average Bonchev–Trinajstić information content (AvgIpc) is 2.66. The summed E-state index contributed by atoms with van der Waals surface area (Å²) in [4.78, 5) is 34.7. The number of hydrogen-bond donors (Lipinski definition) is 1. The number of carbonyl (C=O) groups excluding carboxylic acids is 3. The summed E-state index contributed by atoms with van der Waals surface area (Å²) in [5.74, 6) is -7.11. The lowest BCUT2D eigenvalue weighted by molar-refractivity contribution is -0.119. The predicted molar refractivity (Wildman–Crippen MR) is 83.0 cm³/mol. The molecule has 0 bridgehead atoms. The summed E-state index contributed by atoms with van der Waals surface area (Å²) >= 11 is 0. The summed E-state index contributed by atoms with van der Waals surface area (Å²) in [6.07, 6.45) is 0. The standard InChI is InChI=1S/C17H12F3NO5/c1-25-16(23)9-2-4-10(5-3-9)17(24)26-8-13(22)21-12-7-6-11(18)14(19)15(12)20/h2-7H,8H2,1H3,(H,21,22). The van der Waals surface area contributed by atoms with Crippen molar-refractivity contribution in [1.82, 2.24) is 0 Å². The lowest BCUT2D eigenvalue weighted by Crippen LogP contribution is -2.21. The Labute approximate surface area is 145 Å². The van der Waals surface area contributed by atoms with Crippen LogP contribution in [0.15, 0.2) is 36.4 Å². The molecule has 0 saturated heterocycles. The molecule has 0 fully saturated rings. The Balaban J connectivity index is 1.94. The van der Waals surface area contributed by atoms with Crippen LogP contribution in [0.1, 0.15) is 20.7 Å². The van der Waals surface area contributed by atoms with Crippen molar-refractivity contribution >= 4 is 23.5 Å². The second kappa shape index (κ2) is 8.15. The zero-order valence-corrected chi connectivity index (χ0v) is 13.3. The van der Waals surface area contributed by atoms with Crippen molar-refractivity contribution in [2.75, 3.05) is 19.0 Å². The summed E-state index contributed by atoms with van der Waals surface area (Å²) in [5.41, 5.74) is -0.313. The number of rotatable bonds is 5. The molecule has 9 heteroatoms.